The molecule has 2 amide bonds. The average molecular weight is 383 g/mol. The summed E-state index contributed by atoms with van der Waals surface area (Å²) in [7, 11) is 1.21. The topological polar surface area (TPSA) is 120 Å². The predicted octanol–water partition coefficient (Wildman–Crippen LogP) is 2.29. The van der Waals surface area contributed by atoms with E-state index in [1.165, 1.54) is 19.2 Å². The lowest BCUT2D eigenvalue weighted by Crippen LogP contribution is -2.42. The monoisotopic (exact) mass is 383 g/mol. The van der Waals surface area contributed by atoms with Crippen molar-refractivity contribution in [1.82, 2.24) is 5.32 Å². The molecule has 8 nitrogen and oxygen atoms in total. The minimum absolute atomic E-state index is 0.189. The van der Waals surface area contributed by atoms with Crippen molar-refractivity contribution in [3.8, 4) is 11.5 Å². The van der Waals surface area contributed by atoms with Crippen molar-refractivity contribution in [2.45, 2.75) is 26.3 Å². The highest BCUT2D eigenvalue weighted by Crippen LogP contribution is 2.34. The van der Waals surface area contributed by atoms with Crippen molar-refractivity contribution < 1.29 is 23.9 Å². The van der Waals surface area contributed by atoms with Gasteiger partial charge in [-0.3, -0.25) is 14.4 Å². The van der Waals surface area contributed by atoms with Gasteiger partial charge in [0.1, 0.15) is 11.8 Å². The zero-order chi connectivity index (χ0) is 20.4. The molecule has 1 aliphatic heterocycles. The van der Waals surface area contributed by atoms with E-state index in [1.54, 1.807) is 0 Å². The molecular weight excluding hydrogens is 362 g/mol. The number of esters is 1. The highest BCUT2D eigenvalue weighted by molar-refractivity contribution is 6.11. The van der Waals surface area contributed by atoms with E-state index in [0.29, 0.717) is 11.5 Å². The standard InChI is InChI=1S/C20H21N3O5/c1-10-4-11(2)6-12(5-10)28-17-7-13-15(8-14(17)21)22-20(26)16(23-19(13)25)9-18(24)27-3/h4-8,16H,9,21H2,1-3H3,(H,22,26)(H,23,25)/t16-/m0/s1. The van der Waals surface area contributed by atoms with Gasteiger partial charge in [0.15, 0.2) is 5.75 Å². The first-order chi connectivity index (χ1) is 13.3. The van der Waals surface area contributed by atoms with Crippen LogP contribution < -0.4 is 21.1 Å². The normalized spacial score (nSPS) is 15.8. The van der Waals surface area contributed by atoms with E-state index < -0.39 is 23.8 Å². The summed E-state index contributed by atoms with van der Waals surface area (Å²) in [6, 6.07) is 7.61. The number of hydrogen-bond donors (Lipinski definition) is 3. The van der Waals surface area contributed by atoms with Crippen molar-refractivity contribution in [2.24, 2.45) is 0 Å². The number of hydrogen-bond acceptors (Lipinski definition) is 6. The minimum atomic E-state index is -1.04. The Hall–Kier alpha value is -3.55. The lowest BCUT2D eigenvalue weighted by Gasteiger charge is -2.13. The fourth-order valence-electron chi connectivity index (χ4n) is 3.01. The molecule has 0 unspecified atom stereocenters. The number of anilines is 2. The Morgan fingerprint density at radius 1 is 1.11 bits per heavy atom. The maximum atomic E-state index is 12.6. The van der Waals surface area contributed by atoms with E-state index in [-0.39, 0.29) is 23.4 Å². The second kappa shape index (κ2) is 7.59. The van der Waals surface area contributed by atoms with E-state index in [0.717, 1.165) is 11.1 Å². The number of nitrogens with two attached hydrogens (primary N) is 1. The third kappa shape index (κ3) is 4.06. The smallest absolute Gasteiger partial charge is 0.308 e. The molecule has 4 N–H and O–H groups in total. The van der Waals surface area contributed by atoms with Crippen LogP contribution in [0.3, 0.4) is 0 Å². The van der Waals surface area contributed by atoms with Crippen molar-refractivity contribution >= 4 is 29.2 Å². The molecule has 0 aliphatic carbocycles. The van der Waals surface area contributed by atoms with E-state index in [4.69, 9.17) is 10.5 Å². The van der Waals surface area contributed by atoms with Crippen LogP contribution in [0.25, 0.3) is 0 Å². The van der Waals surface area contributed by atoms with Crippen LogP contribution in [-0.2, 0) is 14.3 Å². The number of rotatable bonds is 4. The first-order valence-corrected chi connectivity index (χ1v) is 8.65. The van der Waals surface area contributed by atoms with E-state index >= 15 is 0 Å². The summed E-state index contributed by atoms with van der Waals surface area (Å²) in [5.41, 5.74) is 8.82. The summed E-state index contributed by atoms with van der Waals surface area (Å²) in [5, 5.41) is 5.15. The zero-order valence-electron chi connectivity index (χ0n) is 15.8. The van der Waals surface area contributed by atoms with Crippen LogP contribution in [-0.4, -0.2) is 30.9 Å². The number of nitrogens with one attached hydrogen (secondary N) is 2. The van der Waals surface area contributed by atoms with Gasteiger partial charge >= 0.3 is 5.97 Å². The molecule has 0 saturated carbocycles. The second-order valence-electron chi connectivity index (χ2n) is 6.66. The Morgan fingerprint density at radius 3 is 2.43 bits per heavy atom. The lowest BCUT2D eigenvalue weighted by atomic mass is 10.1. The molecule has 0 aromatic heterocycles. The predicted molar refractivity (Wildman–Crippen MR) is 103 cm³/mol. The fourth-order valence-corrected chi connectivity index (χ4v) is 3.01. The number of fused-ring (bicyclic) bond motifs is 1. The molecule has 0 fully saturated rings. The molecule has 1 aliphatic rings. The molecule has 0 spiro atoms. The van der Waals surface area contributed by atoms with Gasteiger partial charge in [0.25, 0.3) is 5.91 Å². The first-order valence-electron chi connectivity index (χ1n) is 8.65. The number of carbonyl (C=O) groups is 3. The van der Waals surface area contributed by atoms with Crippen LogP contribution in [0.2, 0.25) is 0 Å². The van der Waals surface area contributed by atoms with Gasteiger partial charge in [0, 0.05) is 0 Å². The summed E-state index contributed by atoms with van der Waals surface area (Å²) in [6.07, 6.45) is -0.274. The molecule has 1 atom stereocenters. The maximum absolute atomic E-state index is 12.6. The Bertz CT molecular complexity index is 950. The van der Waals surface area contributed by atoms with Crippen LogP contribution in [0.4, 0.5) is 11.4 Å². The van der Waals surface area contributed by atoms with Crippen LogP contribution in [0, 0.1) is 13.8 Å². The third-order valence-electron chi connectivity index (χ3n) is 4.30. The number of benzene rings is 2. The van der Waals surface area contributed by atoms with Crippen molar-refractivity contribution in [3.63, 3.8) is 0 Å². The SMILES string of the molecule is COC(=O)C[C@@H]1NC(=O)c2cc(Oc3cc(C)cc(C)c3)c(N)cc2NC1=O. The number of ether oxygens (including phenoxy) is 2. The molecule has 0 saturated heterocycles. The van der Waals surface area contributed by atoms with E-state index in [2.05, 4.69) is 15.4 Å². The molecular formula is C20H21N3O5. The van der Waals surface area contributed by atoms with Crippen molar-refractivity contribution in [1.29, 1.82) is 0 Å². The van der Waals surface area contributed by atoms with Crippen LogP contribution in [0.1, 0.15) is 27.9 Å². The minimum Gasteiger partial charge on any atom is -0.469 e. The van der Waals surface area contributed by atoms with Gasteiger partial charge in [0.2, 0.25) is 5.91 Å². The summed E-state index contributed by atoms with van der Waals surface area (Å²) in [6.45, 7) is 3.90. The Labute approximate surface area is 162 Å². The van der Waals surface area contributed by atoms with Crippen LogP contribution >= 0.6 is 0 Å². The molecule has 2 aromatic carbocycles. The Kier molecular flexibility index (Phi) is 5.21. The van der Waals surface area contributed by atoms with Gasteiger partial charge in [-0.25, -0.2) is 0 Å². The van der Waals surface area contributed by atoms with Crippen molar-refractivity contribution in [2.75, 3.05) is 18.2 Å². The molecule has 0 radical (unpaired) electrons. The van der Waals surface area contributed by atoms with Gasteiger partial charge < -0.3 is 25.8 Å². The van der Waals surface area contributed by atoms with Crippen molar-refractivity contribution in [3.05, 3.63) is 47.0 Å². The fraction of sp³-hybridized carbons (Fsp3) is 0.250. The Balaban J connectivity index is 1.92. The number of methoxy groups -OCH3 is 1. The van der Waals surface area contributed by atoms with E-state index in [9.17, 15) is 14.4 Å². The third-order valence-corrected chi connectivity index (χ3v) is 4.30. The molecule has 28 heavy (non-hydrogen) atoms. The van der Waals surface area contributed by atoms with Gasteiger partial charge in [-0.15, -0.1) is 0 Å². The largest absolute Gasteiger partial charge is 0.469 e. The van der Waals surface area contributed by atoms with E-state index in [1.807, 2.05) is 32.0 Å². The summed E-state index contributed by atoms with van der Waals surface area (Å²) in [4.78, 5) is 36.4. The second-order valence-corrected chi connectivity index (χ2v) is 6.66. The van der Waals surface area contributed by atoms with Gasteiger partial charge in [-0.2, -0.15) is 0 Å². The number of aryl methyl sites for hydroxylation is 2. The molecule has 146 valence electrons. The summed E-state index contributed by atoms with van der Waals surface area (Å²) in [5.74, 6) is -0.775. The van der Waals surface area contributed by atoms with Crippen LogP contribution in [0.5, 0.6) is 11.5 Å². The molecule has 8 heteroatoms. The average Bonchev–Trinajstić information content (AvgIpc) is 2.71. The molecule has 2 aromatic rings. The van der Waals surface area contributed by atoms with Gasteiger partial charge in [-0.05, 0) is 49.2 Å². The Morgan fingerprint density at radius 2 is 1.79 bits per heavy atom. The lowest BCUT2D eigenvalue weighted by molar-refractivity contribution is -0.142. The number of nitrogen functional groups attached to an aromatic ring is 1. The van der Waals surface area contributed by atoms with Gasteiger partial charge in [0.05, 0.1) is 30.5 Å². The molecule has 1 heterocycles. The highest BCUT2D eigenvalue weighted by Gasteiger charge is 2.30. The molecule has 3 rings (SSSR count). The summed E-state index contributed by atoms with van der Waals surface area (Å²) < 4.78 is 10.4. The maximum Gasteiger partial charge on any atom is 0.308 e. The molecule has 0 bridgehead atoms. The highest BCUT2D eigenvalue weighted by atomic mass is 16.5. The van der Waals surface area contributed by atoms with Crippen LogP contribution in [0.15, 0.2) is 30.3 Å². The summed E-state index contributed by atoms with van der Waals surface area (Å²) >= 11 is 0. The number of amides is 2. The van der Waals surface area contributed by atoms with Gasteiger partial charge in [-0.1, -0.05) is 6.07 Å². The quantitative estimate of drug-likeness (QED) is 0.550. The first kappa shape index (κ1) is 19.2. The number of carbonyl (C=O) groups excluding carboxylic acids is 3. The zero-order valence-corrected chi connectivity index (χ0v) is 15.8.